The van der Waals surface area contributed by atoms with Gasteiger partial charge in [0, 0.05) is 5.56 Å². The summed E-state index contributed by atoms with van der Waals surface area (Å²) in [7, 11) is 1.62. The molecule has 0 aliphatic carbocycles. The smallest absolute Gasteiger partial charge is 0.237 e. The lowest BCUT2D eigenvalue weighted by Gasteiger charge is -1.99. The maximum atomic E-state index is 5.11. The van der Waals surface area contributed by atoms with Crippen molar-refractivity contribution in [2.45, 2.75) is 5.33 Å². The van der Waals surface area contributed by atoms with Crippen molar-refractivity contribution in [3.63, 3.8) is 0 Å². The molecule has 1 aromatic heterocycles. The zero-order valence-electron chi connectivity index (χ0n) is 8.11. The van der Waals surface area contributed by atoms with Gasteiger partial charge in [0.1, 0.15) is 5.75 Å². The van der Waals surface area contributed by atoms with Crippen molar-refractivity contribution < 1.29 is 9.26 Å². The molecule has 0 unspecified atom stereocenters. The Hall–Kier alpha value is -1.36. The molecule has 4 nitrogen and oxygen atoms in total. The number of methoxy groups -OCH3 is 1. The molecule has 2 rings (SSSR count). The van der Waals surface area contributed by atoms with E-state index in [-0.39, 0.29) is 0 Å². The molecule has 0 spiro atoms. The molecule has 0 atom stereocenters. The summed E-state index contributed by atoms with van der Waals surface area (Å²) < 4.78 is 10.1. The Morgan fingerprint density at radius 1 is 1.47 bits per heavy atom. The largest absolute Gasteiger partial charge is 0.497 e. The summed E-state index contributed by atoms with van der Waals surface area (Å²) in [6, 6.07) is 7.53. The molecule has 1 aromatic carbocycles. The van der Waals surface area contributed by atoms with Crippen LogP contribution in [0, 0.1) is 0 Å². The molecule has 5 heteroatoms. The molecule has 78 valence electrons. The molecule has 0 fully saturated rings. The topological polar surface area (TPSA) is 48.2 Å². The molecule has 0 radical (unpaired) electrons. The lowest BCUT2D eigenvalue weighted by atomic mass is 10.2. The van der Waals surface area contributed by atoms with Gasteiger partial charge in [-0.3, -0.25) is 0 Å². The van der Waals surface area contributed by atoms with Crippen LogP contribution in [-0.2, 0) is 5.33 Å². The number of rotatable bonds is 3. The minimum absolute atomic E-state index is 0.559. The van der Waals surface area contributed by atoms with E-state index >= 15 is 0 Å². The Kier molecular flexibility index (Phi) is 3.01. The highest BCUT2D eigenvalue weighted by molar-refractivity contribution is 9.08. The van der Waals surface area contributed by atoms with E-state index in [9.17, 15) is 0 Å². The number of alkyl halides is 1. The van der Waals surface area contributed by atoms with Crippen molar-refractivity contribution in [3.8, 4) is 17.1 Å². The minimum atomic E-state index is 0.559. The van der Waals surface area contributed by atoms with Crippen LogP contribution in [0.5, 0.6) is 5.75 Å². The Morgan fingerprint density at radius 3 is 3.00 bits per heavy atom. The van der Waals surface area contributed by atoms with Crippen LogP contribution >= 0.6 is 15.9 Å². The summed E-state index contributed by atoms with van der Waals surface area (Å²) in [5.41, 5.74) is 0.880. The summed E-state index contributed by atoms with van der Waals surface area (Å²) in [6.07, 6.45) is 0. The van der Waals surface area contributed by atoms with Crippen LogP contribution in [0.1, 0.15) is 5.89 Å². The van der Waals surface area contributed by atoms with Crippen molar-refractivity contribution in [3.05, 3.63) is 30.2 Å². The Balaban J connectivity index is 2.35. The number of hydrogen-bond donors (Lipinski definition) is 0. The van der Waals surface area contributed by atoms with Crippen molar-refractivity contribution >= 4 is 15.9 Å². The van der Waals surface area contributed by atoms with Crippen LogP contribution in [0.3, 0.4) is 0 Å². The van der Waals surface area contributed by atoms with Crippen molar-refractivity contribution in [1.29, 1.82) is 0 Å². The Morgan fingerprint density at radius 2 is 2.33 bits per heavy atom. The van der Waals surface area contributed by atoms with Gasteiger partial charge in [0.2, 0.25) is 11.7 Å². The highest BCUT2D eigenvalue weighted by atomic mass is 79.9. The monoisotopic (exact) mass is 268 g/mol. The quantitative estimate of drug-likeness (QED) is 0.803. The van der Waals surface area contributed by atoms with E-state index in [1.165, 1.54) is 0 Å². The summed E-state index contributed by atoms with van der Waals surface area (Å²) in [6.45, 7) is 0. The lowest BCUT2D eigenvalue weighted by Crippen LogP contribution is -1.85. The van der Waals surface area contributed by atoms with Crippen LogP contribution in [0.4, 0.5) is 0 Å². The molecular weight excluding hydrogens is 260 g/mol. The normalized spacial score (nSPS) is 10.3. The van der Waals surface area contributed by atoms with Gasteiger partial charge < -0.3 is 9.26 Å². The van der Waals surface area contributed by atoms with E-state index in [0.717, 1.165) is 11.3 Å². The number of aromatic nitrogens is 2. The second-order valence-electron chi connectivity index (χ2n) is 2.88. The summed E-state index contributed by atoms with van der Waals surface area (Å²) >= 11 is 3.25. The average Bonchev–Trinajstić information content (AvgIpc) is 2.78. The molecule has 0 N–H and O–H groups in total. The lowest BCUT2D eigenvalue weighted by molar-refractivity contribution is 0.392. The second kappa shape index (κ2) is 4.44. The highest BCUT2D eigenvalue weighted by Gasteiger charge is 2.07. The molecule has 0 saturated heterocycles. The van der Waals surface area contributed by atoms with E-state index in [4.69, 9.17) is 9.26 Å². The van der Waals surface area contributed by atoms with Crippen molar-refractivity contribution in [2.75, 3.05) is 7.11 Å². The molecule has 2 aromatic rings. The zero-order chi connectivity index (χ0) is 10.7. The third-order valence-electron chi connectivity index (χ3n) is 1.91. The van der Waals surface area contributed by atoms with Crippen LogP contribution in [0.25, 0.3) is 11.4 Å². The van der Waals surface area contributed by atoms with Crippen LogP contribution in [0.15, 0.2) is 28.8 Å². The van der Waals surface area contributed by atoms with Gasteiger partial charge in [-0.1, -0.05) is 33.2 Å². The van der Waals surface area contributed by atoms with E-state index in [1.807, 2.05) is 24.3 Å². The SMILES string of the molecule is COc1cccc(-c2noc(CBr)n2)c1. The minimum Gasteiger partial charge on any atom is -0.497 e. The predicted octanol–water partition coefficient (Wildman–Crippen LogP) is 2.64. The molecule has 0 aliphatic rings. The third kappa shape index (κ3) is 2.18. The van der Waals surface area contributed by atoms with E-state index in [0.29, 0.717) is 17.0 Å². The molecule has 0 saturated carbocycles. The average molecular weight is 269 g/mol. The molecule has 0 amide bonds. The van der Waals surface area contributed by atoms with Gasteiger partial charge in [0.05, 0.1) is 12.4 Å². The number of ether oxygens (including phenoxy) is 1. The zero-order valence-corrected chi connectivity index (χ0v) is 9.69. The maximum absolute atomic E-state index is 5.11. The number of benzene rings is 1. The summed E-state index contributed by atoms with van der Waals surface area (Å²) in [4.78, 5) is 4.19. The van der Waals surface area contributed by atoms with Gasteiger partial charge >= 0.3 is 0 Å². The first kappa shape index (κ1) is 10.2. The number of hydrogen-bond acceptors (Lipinski definition) is 4. The van der Waals surface area contributed by atoms with Gasteiger partial charge in [-0.25, -0.2) is 0 Å². The molecule has 0 aliphatic heterocycles. The van der Waals surface area contributed by atoms with Crippen LogP contribution in [0.2, 0.25) is 0 Å². The molecular formula is C10H9BrN2O2. The van der Waals surface area contributed by atoms with Crippen molar-refractivity contribution in [2.24, 2.45) is 0 Å². The summed E-state index contributed by atoms with van der Waals surface area (Å²) in [5, 5.41) is 4.42. The van der Waals surface area contributed by atoms with Gasteiger partial charge in [0.25, 0.3) is 0 Å². The maximum Gasteiger partial charge on any atom is 0.237 e. The van der Waals surface area contributed by atoms with Crippen molar-refractivity contribution in [1.82, 2.24) is 10.1 Å². The van der Waals surface area contributed by atoms with Crippen LogP contribution < -0.4 is 4.74 Å². The van der Waals surface area contributed by atoms with Gasteiger partial charge in [-0.2, -0.15) is 4.98 Å². The molecule has 15 heavy (non-hydrogen) atoms. The fourth-order valence-electron chi connectivity index (χ4n) is 1.19. The first-order valence-corrected chi connectivity index (χ1v) is 5.48. The van der Waals surface area contributed by atoms with Crippen LogP contribution in [-0.4, -0.2) is 17.3 Å². The predicted molar refractivity (Wildman–Crippen MR) is 58.9 cm³/mol. The van der Waals surface area contributed by atoms with Gasteiger partial charge in [-0.15, -0.1) is 0 Å². The van der Waals surface area contributed by atoms with Gasteiger partial charge in [0.15, 0.2) is 0 Å². The first-order chi connectivity index (χ1) is 7.33. The first-order valence-electron chi connectivity index (χ1n) is 4.36. The highest BCUT2D eigenvalue weighted by Crippen LogP contribution is 2.21. The standard InChI is InChI=1S/C10H9BrN2O2/c1-14-8-4-2-3-7(5-8)10-12-9(6-11)15-13-10/h2-5H,6H2,1H3. The second-order valence-corrected chi connectivity index (χ2v) is 3.44. The molecule has 0 bridgehead atoms. The van der Waals surface area contributed by atoms with Gasteiger partial charge in [-0.05, 0) is 12.1 Å². The fraction of sp³-hybridized carbons (Fsp3) is 0.200. The Bertz CT molecular complexity index is 456. The Labute approximate surface area is 95.4 Å². The third-order valence-corrected chi connectivity index (χ3v) is 2.39. The van der Waals surface area contributed by atoms with E-state index < -0.39 is 0 Å². The van der Waals surface area contributed by atoms with E-state index in [1.54, 1.807) is 7.11 Å². The summed E-state index contributed by atoms with van der Waals surface area (Å²) in [5.74, 6) is 1.91. The van der Waals surface area contributed by atoms with E-state index in [2.05, 4.69) is 26.1 Å². The number of nitrogens with zero attached hydrogens (tertiary/aromatic N) is 2. The number of halogens is 1. The molecule has 1 heterocycles. The fourth-order valence-corrected chi connectivity index (χ4v) is 1.42.